The maximum Gasteiger partial charge on any atom is 0.129 e. The van der Waals surface area contributed by atoms with E-state index in [1.807, 2.05) is 7.05 Å². The maximum absolute atomic E-state index is 13.8. The average molecular weight is 258 g/mol. The second-order valence-corrected chi connectivity index (χ2v) is 4.91. The number of halogens is 2. The van der Waals surface area contributed by atoms with Crippen molar-refractivity contribution in [2.24, 2.45) is 5.92 Å². The van der Waals surface area contributed by atoms with Crippen molar-refractivity contribution in [2.75, 3.05) is 20.3 Å². The van der Waals surface area contributed by atoms with E-state index in [2.05, 4.69) is 5.32 Å². The number of hydrogen-bond donors (Lipinski definition) is 1. The molecule has 1 aliphatic heterocycles. The van der Waals surface area contributed by atoms with E-state index in [1.165, 1.54) is 6.07 Å². The van der Waals surface area contributed by atoms with Crippen LogP contribution in [0.1, 0.15) is 24.4 Å². The van der Waals surface area contributed by atoms with Gasteiger partial charge >= 0.3 is 0 Å². The molecule has 0 aliphatic carbocycles. The van der Waals surface area contributed by atoms with Gasteiger partial charge in [0.05, 0.1) is 0 Å². The highest BCUT2D eigenvalue weighted by molar-refractivity contribution is 6.30. The van der Waals surface area contributed by atoms with Crippen LogP contribution in [0.25, 0.3) is 0 Å². The summed E-state index contributed by atoms with van der Waals surface area (Å²) in [6.45, 7) is 1.61. The monoisotopic (exact) mass is 257 g/mol. The van der Waals surface area contributed by atoms with Crippen molar-refractivity contribution in [3.8, 4) is 0 Å². The lowest BCUT2D eigenvalue weighted by Gasteiger charge is -2.20. The molecule has 1 aromatic rings. The van der Waals surface area contributed by atoms with Crippen LogP contribution in [0.5, 0.6) is 0 Å². The second kappa shape index (κ2) is 5.80. The topological polar surface area (TPSA) is 21.3 Å². The van der Waals surface area contributed by atoms with Crippen LogP contribution in [0.4, 0.5) is 4.39 Å². The van der Waals surface area contributed by atoms with Crippen LogP contribution < -0.4 is 5.32 Å². The van der Waals surface area contributed by atoms with Crippen LogP contribution in [0.15, 0.2) is 18.2 Å². The van der Waals surface area contributed by atoms with E-state index in [1.54, 1.807) is 12.1 Å². The molecule has 4 heteroatoms. The molecule has 2 rings (SSSR count). The molecule has 94 valence electrons. The van der Waals surface area contributed by atoms with Gasteiger partial charge < -0.3 is 10.1 Å². The SMILES string of the molecule is CNC(CC1CCOC1)c1ccc(Cl)cc1F. The molecule has 0 amide bonds. The Morgan fingerprint density at radius 3 is 3.00 bits per heavy atom. The van der Waals surface area contributed by atoms with Gasteiger partial charge in [0.1, 0.15) is 5.82 Å². The number of nitrogens with one attached hydrogen (secondary N) is 1. The highest BCUT2D eigenvalue weighted by Gasteiger charge is 2.22. The van der Waals surface area contributed by atoms with Crippen LogP contribution in [0.2, 0.25) is 5.02 Å². The Morgan fingerprint density at radius 1 is 1.59 bits per heavy atom. The quantitative estimate of drug-likeness (QED) is 0.895. The van der Waals surface area contributed by atoms with E-state index in [4.69, 9.17) is 16.3 Å². The summed E-state index contributed by atoms with van der Waals surface area (Å²) in [4.78, 5) is 0. The predicted molar refractivity (Wildman–Crippen MR) is 66.8 cm³/mol. The Bertz CT molecular complexity index is 380. The number of ether oxygens (including phenoxy) is 1. The summed E-state index contributed by atoms with van der Waals surface area (Å²) >= 11 is 5.75. The molecule has 1 N–H and O–H groups in total. The van der Waals surface area contributed by atoms with E-state index in [0.29, 0.717) is 16.5 Å². The van der Waals surface area contributed by atoms with Crippen molar-refractivity contribution in [1.82, 2.24) is 5.32 Å². The third-order valence-electron chi connectivity index (χ3n) is 3.28. The fourth-order valence-electron chi connectivity index (χ4n) is 2.29. The lowest BCUT2D eigenvalue weighted by molar-refractivity contribution is 0.181. The lowest BCUT2D eigenvalue weighted by Crippen LogP contribution is -2.21. The number of benzene rings is 1. The van der Waals surface area contributed by atoms with Crippen molar-refractivity contribution >= 4 is 11.6 Å². The fraction of sp³-hybridized carbons (Fsp3) is 0.538. The van der Waals surface area contributed by atoms with Gasteiger partial charge in [-0.05, 0) is 37.9 Å². The first kappa shape index (κ1) is 12.8. The minimum Gasteiger partial charge on any atom is -0.381 e. The molecule has 17 heavy (non-hydrogen) atoms. The molecule has 1 saturated heterocycles. The van der Waals surface area contributed by atoms with Gasteiger partial charge in [-0.15, -0.1) is 0 Å². The molecule has 1 heterocycles. The molecule has 0 radical (unpaired) electrons. The zero-order valence-corrected chi connectivity index (χ0v) is 10.6. The van der Waals surface area contributed by atoms with E-state index in [9.17, 15) is 4.39 Å². The van der Waals surface area contributed by atoms with Crippen molar-refractivity contribution in [2.45, 2.75) is 18.9 Å². The van der Waals surface area contributed by atoms with Crippen molar-refractivity contribution in [3.05, 3.63) is 34.6 Å². The molecule has 0 aromatic heterocycles. The minimum atomic E-state index is -0.240. The van der Waals surface area contributed by atoms with Crippen LogP contribution in [-0.4, -0.2) is 20.3 Å². The highest BCUT2D eigenvalue weighted by atomic mass is 35.5. The van der Waals surface area contributed by atoms with Crippen molar-refractivity contribution in [3.63, 3.8) is 0 Å². The van der Waals surface area contributed by atoms with Gasteiger partial charge in [0.15, 0.2) is 0 Å². The molecule has 0 saturated carbocycles. The number of rotatable bonds is 4. The van der Waals surface area contributed by atoms with Gasteiger partial charge in [-0.2, -0.15) is 0 Å². The smallest absolute Gasteiger partial charge is 0.129 e. The molecular formula is C13H17ClFNO. The lowest BCUT2D eigenvalue weighted by atomic mass is 9.94. The van der Waals surface area contributed by atoms with E-state index < -0.39 is 0 Å². The summed E-state index contributed by atoms with van der Waals surface area (Å²) in [6.07, 6.45) is 1.96. The zero-order chi connectivity index (χ0) is 12.3. The summed E-state index contributed by atoms with van der Waals surface area (Å²) in [7, 11) is 1.86. The van der Waals surface area contributed by atoms with Crippen LogP contribution in [0, 0.1) is 11.7 Å². The van der Waals surface area contributed by atoms with Gasteiger partial charge in [-0.25, -0.2) is 4.39 Å². The zero-order valence-electron chi connectivity index (χ0n) is 9.88. The van der Waals surface area contributed by atoms with Crippen LogP contribution in [0.3, 0.4) is 0 Å². The van der Waals surface area contributed by atoms with Gasteiger partial charge in [-0.3, -0.25) is 0 Å². The van der Waals surface area contributed by atoms with Gasteiger partial charge in [0, 0.05) is 29.8 Å². The summed E-state index contributed by atoms with van der Waals surface area (Å²) < 4.78 is 19.2. The standard InChI is InChI=1S/C13H17ClFNO/c1-16-13(6-9-4-5-17-8-9)11-3-2-10(14)7-12(11)15/h2-3,7,9,13,16H,4-6,8H2,1H3. The van der Waals surface area contributed by atoms with Crippen molar-refractivity contribution < 1.29 is 9.13 Å². The maximum atomic E-state index is 13.8. The van der Waals surface area contributed by atoms with E-state index >= 15 is 0 Å². The van der Waals surface area contributed by atoms with Crippen LogP contribution >= 0.6 is 11.6 Å². The molecule has 2 atom stereocenters. The molecule has 0 bridgehead atoms. The summed E-state index contributed by atoms with van der Waals surface area (Å²) in [5.41, 5.74) is 0.684. The third-order valence-corrected chi connectivity index (χ3v) is 3.51. The molecule has 1 aromatic carbocycles. The first-order valence-electron chi connectivity index (χ1n) is 5.90. The van der Waals surface area contributed by atoms with E-state index in [0.717, 1.165) is 26.1 Å². The summed E-state index contributed by atoms with van der Waals surface area (Å²) in [5, 5.41) is 3.60. The Labute approximate surface area is 106 Å². The second-order valence-electron chi connectivity index (χ2n) is 4.47. The van der Waals surface area contributed by atoms with Gasteiger partial charge in [0.2, 0.25) is 0 Å². The Balaban J connectivity index is 2.10. The predicted octanol–water partition coefficient (Wildman–Crippen LogP) is 3.17. The molecule has 1 aliphatic rings. The molecule has 1 fully saturated rings. The molecule has 2 unspecified atom stereocenters. The van der Waals surface area contributed by atoms with Crippen molar-refractivity contribution in [1.29, 1.82) is 0 Å². The molecule has 0 spiro atoms. The Kier molecular flexibility index (Phi) is 4.37. The average Bonchev–Trinajstić information content (AvgIpc) is 2.79. The van der Waals surface area contributed by atoms with E-state index in [-0.39, 0.29) is 11.9 Å². The first-order chi connectivity index (χ1) is 8.20. The molecular weight excluding hydrogens is 241 g/mol. The fourth-order valence-corrected chi connectivity index (χ4v) is 2.45. The first-order valence-corrected chi connectivity index (χ1v) is 6.28. The largest absolute Gasteiger partial charge is 0.381 e. The molecule has 2 nitrogen and oxygen atoms in total. The Morgan fingerprint density at radius 2 is 2.41 bits per heavy atom. The number of hydrogen-bond acceptors (Lipinski definition) is 2. The van der Waals surface area contributed by atoms with Gasteiger partial charge in [-0.1, -0.05) is 17.7 Å². The summed E-state index contributed by atoms with van der Waals surface area (Å²) in [5.74, 6) is 0.276. The summed E-state index contributed by atoms with van der Waals surface area (Å²) in [6, 6.07) is 4.88. The Hall–Kier alpha value is -0.640. The minimum absolute atomic E-state index is 0.0268. The third kappa shape index (κ3) is 3.18. The van der Waals surface area contributed by atoms with Crippen LogP contribution in [-0.2, 0) is 4.74 Å². The normalized spacial score (nSPS) is 21.7. The van der Waals surface area contributed by atoms with Gasteiger partial charge in [0.25, 0.3) is 0 Å². The highest BCUT2D eigenvalue weighted by Crippen LogP contribution is 2.28.